The first-order valence-electron chi connectivity index (χ1n) is 9.05. The van der Waals surface area contributed by atoms with Crippen molar-refractivity contribution in [3.05, 3.63) is 48.0 Å². The molecule has 0 spiro atoms. The molecule has 1 saturated heterocycles. The van der Waals surface area contributed by atoms with E-state index in [4.69, 9.17) is 23.5 Å². The summed E-state index contributed by atoms with van der Waals surface area (Å²) in [5.74, 6) is 2.18. The molecule has 0 unspecified atom stereocenters. The van der Waals surface area contributed by atoms with Crippen LogP contribution in [-0.4, -0.2) is 32.5 Å². The van der Waals surface area contributed by atoms with Crippen LogP contribution in [0.1, 0.15) is 33.3 Å². The highest BCUT2D eigenvalue weighted by Crippen LogP contribution is 2.38. The van der Waals surface area contributed by atoms with E-state index < -0.39 is 18.3 Å². The zero-order valence-corrected chi connectivity index (χ0v) is 16.9. The van der Waals surface area contributed by atoms with Crippen LogP contribution in [0.3, 0.4) is 0 Å². The van der Waals surface area contributed by atoms with Crippen molar-refractivity contribution >= 4 is 12.6 Å². The Labute approximate surface area is 161 Å². The average Bonchev–Trinajstić information content (AvgIpc) is 2.87. The highest BCUT2D eigenvalue weighted by atomic mass is 16.7. The summed E-state index contributed by atoms with van der Waals surface area (Å²) in [5, 5.41) is 0. The largest absolute Gasteiger partial charge is 0.502 e. The van der Waals surface area contributed by atoms with E-state index in [0.717, 1.165) is 16.8 Å². The molecule has 0 aliphatic carbocycles. The van der Waals surface area contributed by atoms with E-state index in [0.29, 0.717) is 18.1 Å². The second-order valence-electron chi connectivity index (χ2n) is 7.60. The fraction of sp³-hybridized carbons (Fsp3) is 0.429. The maximum atomic E-state index is 6.22. The number of rotatable bonds is 6. The standard InChI is InChI=1S/C21H27BO5/c1-20(2)21(3,4)27-22(26-20)19-17(24-6)8-7-9-18(19)25-14-15-10-12-16(23-5)13-11-15/h7-13H,14H2,1-6H3. The molecule has 0 N–H and O–H groups in total. The third-order valence-electron chi connectivity index (χ3n) is 5.29. The van der Waals surface area contributed by atoms with Crippen molar-refractivity contribution in [2.75, 3.05) is 14.2 Å². The lowest BCUT2D eigenvalue weighted by Gasteiger charge is -2.32. The van der Waals surface area contributed by atoms with Crippen molar-refractivity contribution in [1.82, 2.24) is 0 Å². The molecular weight excluding hydrogens is 343 g/mol. The van der Waals surface area contributed by atoms with Crippen molar-refractivity contribution in [2.24, 2.45) is 0 Å². The molecule has 0 bridgehead atoms. The molecule has 0 amide bonds. The zero-order chi connectivity index (χ0) is 19.7. The summed E-state index contributed by atoms with van der Waals surface area (Å²) in [4.78, 5) is 0. The minimum atomic E-state index is -0.558. The minimum absolute atomic E-state index is 0.420. The second-order valence-corrected chi connectivity index (χ2v) is 7.60. The highest BCUT2D eigenvalue weighted by Gasteiger charge is 2.53. The fourth-order valence-corrected chi connectivity index (χ4v) is 2.90. The first-order valence-corrected chi connectivity index (χ1v) is 9.05. The molecule has 1 aliphatic heterocycles. The third kappa shape index (κ3) is 3.92. The molecule has 6 heteroatoms. The highest BCUT2D eigenvalue weighted by molar-refractivity contribution is 6.64. The van der Waals surface area contributed by atoms with Crippen LogP contribution in [-0.2, 0) is 15.9 Å². The van der Waals surface area contributed by atoms with Crippen LogP contribution >= 0.6 is 0 Å². The summed E-state index contributed by atoms with van der Waals surface area (Å²) in [5.41, 5.74) is 0.933. The fourth-order valence-electron chi connectivity index (χ4n) is 2.90. The van der Waals surface area contributed by atoms with Gasteiger partial charge in [-0.2, -0.15) is 0 Å². The Morgan fingerprint density at radius 3 is 1.96 bits per heavy atom. The zero-order valence-electron chi connectivity index (χ0n) is 16.9. The lowest BCUT2D eigenvalue weighted by atomic mass is 9.77. The first kappa shape index (κ1) is 19.6. The summed E-state index contributed by atoms with van der Waals surface area (Å²) in [7, 11) is 2.73. The van der Waals surface area contributed by atoms with Crippen molar-refractivity contribution in [1.29, 1.82) is 0 Å². The van der Waals surface area contributed by atoms with Gasteiger partial charge >= 0.3 is 7.12 Å². The number of methoxy groups -OCH3 is 2. The lowest BCUT2D eigenvalue weighted by molar-refractivity contribution is 0.00578. The van der Waals surface area contributed by atoms with Crippen LogP contribution in [0.4, 0.5) is 0 Å². The quantitative estimate of drug-likeness (QED) is 0.728. The Morgan fingerprint density at radius 2 is 1.41 bits per heavy atom. The molecule has 0 saturated carbocycles. The smallest absolute Gasteiger partial charge is 0.497 e. The van der Waals surface area contributed by atoms with Crippen LogP contribution in [0.25, 0.3) is 0 Å². The van der Waals surface area contributed by atoms with Gasteiger partial charge in [0.05, 0.1) is 30.9 Å². The maximum absolute atomic E-state index is 6.22. The van der Waals surface area contributed by atoms with E-state index in [1.165, 1.54) is 0 Å². The number of hydrogen-bond donors (Lipinski definition) is 0. The summed E-state index contributed by atoms with van der Waals surface area (Å²) in [6.45, 7) is 8.53. The molecule has 2 aromatic carbocycles. The van der Waals surface area contributed by atoms with Gasteiger partial charge in [0.15, 0.2) is 0 Å². The van der Waals surface area contributed by atoms with Crippen LogP contribution in [0.5, 0.6) is 17.2 Å². The maximum Gasteiger partial charge on any atom is 0.502 e. The average molecular weight is 370 g/mol. The van der Waals surface area contributed by atoms with Gasteiger partial charge in [-0.25, -0.2) is 0 Å². The summed E-state index contributed by atoms with van der Waals surface area (Å²) >= 11 is 0. The Hall–Kier alpha value is -2.18. The van der Waals surface area contributed by atoms with Crippen LogP contribution in [0, 0.1) is 0 Å². The lowest BCUT2D eigenvalue weighted by Crippen LogP contribution is -2.41. The molecule has 144 valence electrons. The van der Waals surface area contributed by atoms with Gasteiger partial charge in [0, 0.05) is 0 Å². The predicted molar refractivity (Wildman–Crippen MR) is 106 cm³/mol. The molecule has 27 heavy (non-hydrogen) atoms. The molecule has 1 fully saturated rings. The molecule has 5 nitrogen and oxygen atoms in total. The Kier molecular flexibility index (Phi) is 5.40. The second kappa shape index (κ2) is 7.45. The molecule has 2 aromatic rings. The van der Waals surface area contributed by atoms with Crippen molar-refractivity contribution in [3.63, 3.8) is 0 Å². The van der Waals surface area contributed by atoms with Crippen molar-refractivity contribution < 1.29 is 23.5 Å². The Morgan fingerprint density at radius 1 is 0.815 bits per heavy atom. The van der Waals surface area contributed by atoms with Gasteiger partial charge < -0.3 is 23.5 Å². The van der Waals surface area contributed by atoms with E-state index in [9.17, 15) is 0 Å². The minimum Gasteiger partial charge on any atom is -0.497 e. The molecule has 1 aliphatic rings. The summed E-state index contributed by atoms with van der Waals surface area (Å²) in [6.07, 6.45) is 0. The van der Waals surface area contributed by atoms with Gasteiger partial charge in [-0.3, -0.25) is 0 Å². The van der Waals surface area contributed by atoms with Gasteiger partial charge in [-0.15, -0.1) is 0 Å². The molecular formula is C21H27BO5. The van der Waals surface area contributed by atoms with Gasteiger partial charge in [0.25, 0.3) is 0 Å². The molecule has 0 aromatic heterocycles. The Bertz CT molecular complexity index is 770. The molecule has 1 heterocycles. The number of benzene rings is 2. The molecule has 3 rings (SSSR count). The number of ether oxygens (including phenoxy) is 3. The predicted octanol–water partition coefficient (Wildman–Crippen LogP) is 3.58. The van der Waals surface area contributed by atoms with Crippen molar-refractivity contribution in [2.45, 2.75) is 45.5 Å². The van der Waals surface area contributed by atoms with Crippen LogP contribution in [0.2, 0.25) is 0 Å². The van der Waals surface area contributed by atoms with Gasteiger partial charge in [-0.1, -0.05) is 18.2 Å². The van der Waals surface area contributed by atoms with Crippen LogP contribution < -0.4 is 19.7 Å². The van der Waals surface area contributed by atoms with Crippen LogP contribution in [0.15, 0.2) is 42.5 Å². The molecule has 0 atom stereocenters. The SMILES string of the molecule is COc1ccc(COc2cccc(OC)c2B2OC(C)(C)C(C)(C)O2)cc1. The van der Waals surface area contributed by atoms with Gasteiger partial charge in [0.1, 0.15) is 23.9 Å². The first-order chi connectivity index (χ1) is 12.8. The third-order valence-corrected chi connectivity index (χ3v) is 5.29. The van der Waals surface area contributed by atoms with E-state index in [2.05, 4.69) is 0 Å². The van der Waals surface area contributed by atoms with Crippen molar-refractivity contribution in [3.8, 4) is 17.2 Å². The van der Waals surface area contributed by atoms with E-state index in [1.807, 2.05) is 70.2 Å². The molecule has 0 radical (unpaired) electrons. The summed E-state index contributed by atoms with van der Waals surface area (Å²) in [6, 6.07) is 13.5. The number of hydrogen-bond acceptors (Lipinski definition) is 5. The van der Waals surface area contributed by atoms with E-state index >= 15 is 0 Å². The Balaban J connectivity index is 1.85. The normalized spacial score (nSPS) is 17.6. The summed E-state index contributed by atoms with van der Waals surface area (Å²) < 4.78 is 29.3. The topological polar surface area (TPSA) is 46.2 Å². The van der Waals surface area contributed by atoms with E-state index in [1.54, 1.807) is 14.2 Å². The van der Waals surface area contributed by atoms with E-state index in [-0.39, 0.29) is 0 Å². The van der Waals surface area contributed by atoms with Gasteiger partial charge in [-0.05, 0) is 57.5 Å². The van der Waals surface area contributed by atoms with Gasteiger partial charge in [0.2, 0.25) is 0 Å². The monoisotopic (exact) mass is 370 g/mol.